The Hall–Kier alpha value is -1.53. The lowest BCUT2D eigenvalue weighted by Gasteiger charge is -2.23. The van der Waals surface area contributed by atoms with Crippen LogP contribution in [0.3, 0.4) is 0 Å². The van der Waals surface area contributed by atoms with Gasteiger partial charge in [-0.05, 0) is 38.3 Å². The maximum Gasteiger partial charge on any atom is 0.266 e. The van der Waals surface area contributed by atoms with Crippen molar-refractivity contribution in [3.05, 3.63) is 44.8 Å². The van der Waals surface area contributed by atoms with Gasteiger partial charge in [0, 0.05) is 36.1 Å². The molecule has 2 fully saturated rings. The van der Waals surface area contributed by atoms with E-state index in [1.807, 2.05) is 0 Å². The molecule has 2 aliphatic rings. The fraction of sp³-hybridized carbons (Fsp3) is 0.562. The van der Waals surface area contributed by atoms with E-state index in [4.69, 9.17) is 4.98 Å². The van der Waals surface area contributed by atoms with E-state index in [0.717, 1.165) is 25.4 Å². The highest BCUT2D eigenvalue weighted by Crippen LogP contribution is 2.41. The second kappa shape index (κ2) is 5.93. The third-order valence-corrected chi connectivity index (χ3v) is 5.59. The normalized spacial score (nSPS) is 22.3. The fourth-order valence-electron chi connectivity index (χ4n) is 3.16. The number of hydrogen-bond acceptors (Lipinski definition) is 5. The Kier molecular flexibility index (Phi) is 3.80. The third kappa shape index (κ3) is 2.98. The van der Waals surface area contributed by atoms with Gasteiger partial charge in [0.1, 0.15) is 0 Å². The Morgan fingerprint density at radius 2 is 2.23 bits per heavy atom. The minimum Gasteiger partial charge on any atom is -0.293 e. The van der Waals surface area contributed by atoms with Crippen LogP contribution < -0.4 is 5.56 Å². The molecule has 1 saturated heterocycles. The predicted octanol–water partition coefficient (Wildman–Crippen LogP) is 2.24. The predicted molar refractivity (Wildman–Crippen MR) is 86.0 cm³/mol. The molecule has 0 radical (unpaired) electrons. The van der Waals surface area contributed by atoms with E-state index in [9.17, 15) is 4.79 Å². The van der Waals surface area contributed by atoms with Crippen LogP contribution in [-0.2, 0) is 13.1 Å². The van der Waals surface area contributed by atoms with Crippen molar-refractivity contribution in [2.45, 2.75) is 50.7 Å². The number of thiazole rings is 1. The average Bonchev–Trinajstić information content (AvgIpc) is 3.12. The van der Waals surface area contributed by atoms with Gasteiger partial charge >= 0.3 is 0 Å². The first-order chi connectivity index (χ1) is 10.8. The topological polar surface area (TPSA) is 51.0 Å². The van der Waals surface area contributed by atoms with E-state index in [1.54, 1.807) is 34.3 Å². The van der Waals surface area contributed by atoms with Crippen molar-refractivity contribution in [2.75, 3.05) is 6.54 Å². The van der Waals surface area contributed by atoms with Crippen LogP contribution in [0.15, 0.2) is 28.5 Å². The van der Waals surface area contributed by atoms with Crippen molar-refractivity contribution >= 4 is 11.3 Å². The van der Waals surface area contributed by atoms with Crippen molar-refractivity contribution in [3.63, 3.8) is 0 Å². The Labute approximate surface area is 133 Å². The molecule has 1 aliphatic heterocycles. The molecule has 0 N–H and O–H groups in total. The van der Waals surface area contributed by atoms with Crippen molar-refractivity contribution in [1.82, 2.24) is 19.7 Å². The molecule has 2 aromatic heterocycles. The molecular formula is C16H20N4OS. The van der Waals surface area contributed by atoms with Gasteiger partial charge in [-0.2, -0.15) is 5.10 Å². The van der Waals surface area contributed by atoms with E-state index in [0.29, 0.717) is 12.6 Å². The molecule has 0 bridgehead atoms. The summed E-state index contributed by atoms with van der Waals surface area (Å²) in [5, 5.41) is 7.70. The van der Waals surface area contributed by atoms with Gasteiger partial charge in [0.05, 0.1) is 17.2 Å². The lowest BCUT2D eigenvalue weighted by molar-refractivity contribution is 0.214. The number of nitrogens with zero attached hydrogens (tertiary/aromatic N) is 4. The molecule has 22 heavy (non-hydrogen) atoms. The molecule has 0 spiro atoms. The molecule has 0 aromatic carbocycles. The maximum absolute atomic E-state index is 11.8. The van der Waals surface area contributed by atoms with Crippen molar-refractivity contribution in [1.29, 1.82) is 0 Å². The van der Waals surface area contributed by atoms with Gasteiger partial charge in [-0.15, -0.1) is 11.3 Å². The van der Waals surface area contributed by atoms with Crippen molar-refractivity contribution < 1.29 is 0 Å². The highest BCUT2D eigenvalue weighted by molar-refractivity contribution is 7.09. The third-order valence-electron chi connectivity index (χ3n) is 4.53. The SMILES string of the molecule is O=c1cccnn1CC1CCCN1Cc1csc(C2CC2)n1. The summed E-state index contributed by atoms with van der Waals surface area (Å²) in [6.07, 6.45) is 6.61. The molecule has 5 nitrogen and oxygen atoms in total. The van der Waals surface area contributed by atoms with Crippen LogP contribution in [0, 0.1) is 0 Å². The van der Waals surface area contributed by atoms with Gasteiger partial charge in [0.2, 0.25) is 0 Å². The van der Waals surface area contributed by atoms with Gasteiger partial charge in [-0.1, -0.05) is 0 Å². The van der Waals surface area contributed by atoms with Gasteiger partial charge < -0.3 is 0 Å². The molecule has 1 atom stereocenters. The first kappa shape index (κ1) is 14.1. The Morgan fingerprint density at radius 1 is 1.32 bits per heavy atom. The number of hydrogen-bond donors (Lipinski definition) is 0. The standard InChI is InChI=1S/C16H20N4OS/c21-15-4-1-7-17-20(15)10-14-3-2-8-19(14)9-13-11-22-16(18-13)12-5-6-12/h1,4,7,11-12,14H,2-3,5-6,8-10H2. The summed E-state index contributed by atoms with van der Waals surface area (Å²) in [6.45, 7) is 2.66. The second-order valence-corrected chi connectivity index (χ2v) is 7.15. The summed E-state index contributed by atoms with van der Waals surface area (Å²) < 4.78 is 1.58. The van der Waals surface area contributed by atoms with E-state index in [2.05, 4.69) is 15.4 Å². The summed E-state index contributed by atoms with van der Waals surface area (Å²) in [7, 11) is 0. The first-order valence-electron chi connectivity index (χ1n) is 8.00. The van der Waals surface area contributed by atoms with Gasteiger partial charge in [0.15, 0.2) is 0 Å². The number of aromatic nitrogens is 3. The van der Waals surface area contributed by atoms with Crippen LogP contribution >= 0.6 is 11.3 Å². The molecular weight excluding hydrogens is 296 g/mol. The van der Waals surface area contributed by atoms with Crippen LogP contribution in [-0.4, -0.2) is 32.3 Å². The van der Waals surface area contributed by atoms with Gasteiger partial charge in [-0.3, -0.25) is 9.69 Å². The molecule has 4 rings (SSSR count). The summed E-state index contributed by atoms with van der Waals surface area (Å²) >= 11 is 1.81. The van der Waals surface area contributed by atoms with Crippen LogP contribution in [0.4, 0.5) is 0 Å². The second-order valence-electron chi connectivity index (χ2n) is 6.26. The average molecular weight is 316 g/mol. The molecule has 0 amide bonds. The summed E-state index contributed by atoms with van der Waals surface area (Å²) in [4.78, 5) is 19.1. The van der Waals surface area contributed by atoms with Crippen LogP contribution in [0.25, 0.3) is 0 Å². The zero-order valence-electron chi connectivity index (χ0n) is 12.5. The smallest absolute Gasteiger partial charge is 0.266 e. The molecule has 1 aliphatic carbocycles. The van der Waals surface area contributed by atoms with E-state index < -0.39 is 0 Å². The monoisotopic (exact) mass is 316 g/mol. The highest BCUT2D eigenvalue weighted by atomic mass is 32.1. The van der Waals surface area contributed by atoms with Crippen molar-refractivity contribution in [3.8, 4) is 0 Å². The minimum absolute atomic E-state index is 0.0148. The number of rotatable bonds is 5. The van der Waals surface area contributed by atoms with Gasteiger partial charge in [0.25, 0.3) is 5.56 Å². The van der Waals surface area contributed by atoms with E-state index in [-0.39, 0.29) is 5.56 Å². The first-order valence-corrected chi connectivity index (χ1v) is 8.88. The lowest BCUT2D eigenvalue weighted by atomic mass is 10.2. The molecule has 3 heterocycles. The van der Waals surface area contributed by atoms with E-state index in [1.165, 1.54) is 30.0 Å². The Bertz CT molecular complexity index is 706. The van der Waals surface area contributed by atoms with E-state index >= 15 is 0 Å². The fourth-order valence-corrected chi connectivity index (χ4v) is 4.14. The molecule has 2 aromatic rings. The Balaban J connectivity index is 1.44. The van der Waals surface area contributed by atoms with Crippen LogP contribution in [0.1, 0.15) is 42.3 Å². The lowest BCUT2D eigenvalue weighted by Crippen LogP contribution is -2.36. The molecule has 6 heteroatoms. The minimum atomic E-state index is -0.0148. The van der Waals surface area contributed by atoms with Crippen molar-refractivity contribution in [2.24, 2.45) is 0 Å². The van der Waals surface area contributed by atoms with Crippen LogP contribution in [0.2, 0.25) is 0 Å². The molecule has 1 saturated carbocycles. The van der Waals surface area contributed by atoms with Gasteiger partial charge in [-0.25, -0.2) is 9.67 Å². The largest absolute Gasteiger partial charge is 0.293 e. The summed E-state index contributed by atoms with van der Waals surface area (Å²) in [5.74, 6) is 0.736. The Morgan fingerprint density at radius 3 is 3.05 bits per heavy atom. The zero-order valence-corrected chi connectivity index (χ0v) is 13.3. The summed E-state index contributed by atoms with van der Waals surface area (Å²) in [6, 6.07) is 3.66. The molecule has 1 unspecified atom stereocenters. The number of likely N-dealkylation sites (tertiary alicyclic amines) is 1. The highest BCUT2D eigenvalue weighted by Gasteiger charge is 2.29. The maximum atomic E-state index is 11.8. The zero-order chi connectivity index (χ0) is 14.9. The van der Waals surface area contributed by atoms with Crippen LogP contribution in [0.5, 0.6) is 0 Å². The molecule has 116 valence electrons. The quantitative estimate of drug-likeness (QED) is 0.849. The summed E-state index contributed by atoms with van der Waals surface area (Å²) in [5.41, 5.74) is 1.17.